The maximum Gasteiger partial charge on any atom is 0.387 e. The predicted molar refractivity (Wildman–Crippen MR) is 99.1 cm³/mol. The predicted octanol–water partition coefficient (Wildman–Crippen LogP) is 3.47. The van der Waals surface area contributed by atoms with Crippen LogP contribution in [0.1, 0.15) is 25.3 Å². The first-order chi connectivity index (χ1) is 13.0. The van der Waals surface area contributed by atoms with Crippen LogP contribution in [0, 0.1) is 0 Å². The number of hydrogen-bond acceptors (Lipinski definition) is 4. The lowest BCUT2D eigenvalue weighted by atomic mass is 9.85. The molecule has 146 valence electrons. The average molecular weight is 378 g/mol. The maximum absolute atomic E-state index is 12.8. The summed E-state index contributed by atoms with van der Waals surface area (Å²) < 4.78 is 30.2. The van der Waals surface area contributed by atoms with E-state index in [0.29, 0.717) is 13.1 Å². The lowest BCUT2D eigenvalue weighted by Gasteiger charge is -2.42. The zero-order valence-electron chi connectivity index (χ0n) is 15.2. The molecule has 1 aliphatic carbocycles. The molecule has 2 aromatic carbocycles. The molecule has 1 aliphatic rings. The number of benzene rings is 2. The van der Waals surface area contributed by atoms with Gasteiger partial charge in [-0.25, -0.2) is 0 Å². The van der Waals surface area contributed by atoms with Crippen molar-refractivity contribution in [1.29, 1.82) is 0 Å². The summed E-state index contributed by atoms with van der Waals surface area (Å²) in [5.74, 6) is -0.633. The Bertz CT molecular complexity index is 794. The standard InChI is InChI=1S/C20H24F2N2O3/c1-2-24(12-19(25)26)15-9-14(10-15)23-11-17-16-6-4-3-5-13(16)7-8-18(17)27-20(21)22/h3-8,14-15,20,23H,2,9-12H2,1H3,(H,25,26). The molecule has 0 unspecified atom stereocenters. The lowest BCUT2D eigenvalue weighted by Crippen LogP contribution is -2.53. The Morgan fingerprint density at radius 3 is 2.70 bits per heavy atom. The minimum Gasteiger partial charge on any atom is -0.480 e. The minimum absolute atomic E-state index is 0.0452. The van der Waals surface area contributed by atoms with Gasteiger partial charge in [0.1, 0.15) is 5.75 Å². The molecule has 1 fully saturated rings. The third-order valence-electron chi connectivity index (χ3n) is 5.16. The van der Waals surface area contributed by atoms with Crippen LogP contribution in [0.2, 0.25) is 0 Å². The minimum atomic E-state index is -2.87. The number of nitrogens with zero attached hydrogens (tertiary/aromatic N) is 1. The Hall–Kier alpha value is -2.25. The van der Waals surface area contributed by atoms with Gasteiger partial charge < -0.3 is 15.2 Å². The molecule has 0 aromatic heterocycles. The number of halogens is 2. The third kappa shape index (κ3) is 4.73. The molecular formula is C20H24F2N2O3. The van der Waals surface area contributed by atoms with E-state index in [9.17, 15) is 13.6 Å². The Morgan fingerprint density at radius 1 is 1.30 bits per heavy atom. The summed E-state index contributed by atoms with van der Waals surface area (Å²) in [7, 11) is 0. The summed E-state index contributed by atoms with van der Waals surface area (Å²) in [5, 5.41) is 14.2. The topological polar surface area (TPSA) is 61.8 Å². The van der Waals surface area contributed by atoms with Crippen LogP contribution in [0.15, 0.2) is 36.4 Å². The Labute approximate surface area is 156 Å². The van der Waals surface area contributed by atoms with Crippen LogP contribution in [-0.2, 0) is 11.3 Å². The van der Waals surface area contributed by atoms with Crippen LogP contribution < -0.4 is 10.1 Å². The molecule has 0 saturated heterocycles. The zero-order valence-corrected chi connectivity index (χ0v) is 15.2. The summed E-state index contributed by atoms with van der Waals surface area (Å²) in [6.07, 6.45) is 1.69. The molecule has 0 aliphatic heterocycles. The Morgan fingerprint density at radius 2 is 2.04 bits per heavy atom. The molecule has 7 heteroatoms. The van der Waals surface area contributed by atoms with Gasteiger partial charge >= 0.3 is 12.6 Å². The number of carboxylic acids is 1. The maximum atomic E-state index is 12.8. The van der Waals surface area contributed by atoms with E-state index < -0.39 is 12.6 Å². The number of carboxylic acid groups (broad SMARTS) is 1. The van der Waals surface area contributed by atoms with Crippen molar-refractivity contribution in [3.05, 3.63) is 42.0 Å². The zero-order chi connectivity index (χ0) is 19.4. The van der Waals surface area contributed by atoms with Crippen LogP contribution in [0.4, 0.5) is 8.78 Å². The number of carbonyl (C=O) groups is 1. The quantitative estimate of drug-likeness (QED) is 0.700. The highest BCUT2D eigenvalue weighted by Crippen LogP contribution is 2.31. The van der Waals surface area contributed by atoms with Crippen LogP contribution in [-0.4, -0.2) is 47.8 Å². The first-order valence-corrected chi connectivity index (χ1v) is 9.12. The van der Waals surface area contributed by atoms with Crippen molar-refractivity contribution in [1.82, 2.24) is 10.2 Å². The number of rotatable bonds is 9. The second-order valence-corrected chi connectivity index (χ2v) is 6.80. The molecule has 0 amide bonds. The highest BCUT2D eigenvalue weighted by atomic mass is 19.3. The average Bonchev–Trinajstić information content (AvgIpc) is 2.59. The lowest BCUT2D eigenvalue weighted by molar-refractivity contribution is -0.139. The van der Waals surface area contributed by atoms with Crippen molar-refractivity contribution in [2.45, 2.75) is 45.0 Å². The Balaban J connectivity index is 1.66. The molecule has 1 saturated carbocycles. The number of nitrogens with one attached hydrogen (secondary N) is 1. The molecule has 2 aromatic rings. The van der Waals surface area contributed by atoms with Gasteiger partial charge in [0.2, 0.25) is 0 Å². The van der Waals surface area contributed by atoms with Crippen molar-refractivity contribution in [2.24, 2.45) is 0 Å². The van der Waals surface area contributed by atoms with Gasteiger partial charge in [0.25, 0.3) is 0 Å². The molecule has 2 N–H and O–H groups in total. The third-order valence-corrected chi connectivity index (χ3v) is 5.16. The van der Waals surface area contributed by atoms with Gasteiger partial charge in [-0.15, -0.1) is 0 Å². The number of hydrogen-bond donors (Lipinski definition) is 2. The second kappa shape index (κ2) is 8.63. The van der Waals surface area contributed by atoms with Gasteiger partial charge in [-0.2, -0.15) is 8.78 Å². The van der Waals surface area contributed by atoms with E-state index in [1.54, 1.807) is 12.1 Å². The summed E-state index contributed by atoms with van der Waals surface area (Å²) in [6, 6.07) is 11.5. The summed E-state index contributed by atoms with van der Waals surface area (Å²) in [5.41, 5.74) is 0.717. The number of fused-ring (bicyclic) bond motifs is 1. The molecule has 0 bridgehead atoms. The molecule has 0 spiro atoms. The van der Waals surface area contributed by atoms with Crippen LogP contribution >= 0.6 is 0 Å². The normalized spacial score (nSPS) is 19.4. The monoisotopic (exact) mass is 378 g/mol. The first-order valence-electron chi connectivity index (χ1n) is 9.12. The summed E-state index contributed by atoms with van der Waals surface area (Å²) in [6.45, 7) is 0.245. The van der Waals surface area contributed by atoms with E-state index in [4.69, 9.17) is 9.84 Å². The van der Waals surface area contributed by atoms with Gasteiger partial charge in [-0.1, -0.05) is 37.3 Å². The van der Waals surface area contributed by atoms with E-state index in [1.807, 2.05) is 36.1 Å². The highest BCUT2D eigenvalue weighted by molar-refractivity contribution is 5.87. The number of alkyl halides is 2. The van der Waals surface area contributed by atoms with Gasteiger partial charge in [0, 0.05) is 24.2 Å². The van der Waals surface area contributed by atoms with Crippen molar-refractivity contribution in [3.63, 3.8) is 0 Å². The van der Waals surface area contributed by atoms with Crippen LogP contribution in [0.5, 0.6) is 5.75 Å². The van der Waals surface area contributed by atoms with Gasteiger partial charge in [0.05, 0.1) is 6.54 Å². The second-order valence-electron chi connectivity index (χ2n) is 6.80. The summed E-state index contributed by atoms with van der Waals surface area (Å²) >= 11 is 0. The van der Waals surface area contributed by atoms with Crippen molar-refractivity contribution in [2.75, 3.05) is 13.1 Å². The van der Waals surface area contributed by atoms with E-state index in [0.717, 1.165) is 29.2 Å². The van der Waals surface area contributed by atoms with Gasteiger partial charge in [-0.05, 0) is 36.2 Å². The van der Waals surface area contributed by atoms with Gasteiger partial charge in [0.15, 0.2) is 0 Å². The van der Waals surface area contributed by atoms with Crippen molar-refractivity contribution >= 4 is 16.7 Å². The molecule has 0 atom stereocenters. The van der Waals surface area contributed by atoms with Crippen molar-refractivity contribution < 1.29 is 23.4 Å². The summed E-state index contributed by atoms with van der Waals surface area (Å²) in [4.78, 5) is 12.9. The number of likely N-dealkylation sites (N-methyl/N-ethyl adjacent to an activating group) is 1. The highest BCUT2D eigenvalue weighted by Gasteiger charge is 2.33. The fourth-order valence-corrected chi connectivity index (χ4v) is 3.68. The molecule has 5 nitrogen and oxygen atoms in total. The number of ether oxygens (including phenoxy) is 1. The fourth-order valence-electron chi connectivity index (χ4n) is 3.68. The van der Waals surface area contributed by atoms with E-state index in [1.165, 1.54) is 0 Å². The van der Waals surface area contributed by atoms with Gasteiger partial charge in [-0.3, -0.25) is 9.69 Å². The van der Waals surface area contributed by atoms with Crippen molar-refractivity contribution in [3.8, 4) is 5.75 Å². The fraction of sp³-hybridized carbons (Fsp3) is 0.450. The SMILES string of the molecule is CCN(CC(=O)O)C1CC(NCc2c(OC(F)F)ccc3ccccc23)C1. The van der Waals surface area contributed by atoms with E-state index in [-0.39, 0.29) is 24.4 Å². The molecular weight excluding hydrogens is 354 g/mol. The molecule has 3 rings (SSSR count). The largest absolute Gasteiger partial charge is 0.480 e. The van der Waals surface area contributed by atoms with Crippen LogP contribution in [0.25, 0.3) is 10.8 Å². The number of aliphatic carboxylic acids is 1. The molecule has 0 radical (unpaired) electrons. The first kappa shape index (κ1) is 19.5. The van der Waals surface area contributed by atoms with E-state index >= 15 is 0 Å². The smallest absolute Gasteiger partial charge is 0.387 e. The van der Waals surface area contributed by atoms with E-state index in [2.05, 4.69) is 5.32 Å². The molecule has 27 heavy (non-hydrogen) atoms. The Kier molecular flexibility index (Phi) is 6.23. The molecule has 0 heterocycles. The van der Waals surface area contributed by atoms with Crippen LogP contribution in [0.3, 0.4) is 0 Å².